The minimum absolute atomic E-state index is 0.0370. The molecule has 5 atom stereocenters. The number of para-hydroxylation sites is 1. The highest BCUT2D eigenvalue weighted by Crippen LogP contribution is 2.22. The molecule has 0 saturated carbocycles. The second-order valence-electron chi connectivity index (χ2n) is 11.7. The molecule has 1 heterocycles. The third kappa shape index (κ3) is 9.64. The average molecular weight is 615 g/mol. The van der Waals surface area contributed by atoms with Crippen molar-refractivity contribution in [3.8, 4) is 0 Å². The summed E-state index contributed by atoms with van der Waals surface area (Å²) in [5.74, 6) is -1.34. The van der Waals surface area contributed by atoms with Gasteiger partial charge < -0.3 is 25.8 Å². The maximum atomic E-state index is 13.5. The van der Waals surface area contributed by atoms with E-state index in [1.165, 1.54) is 11.8 Å². The fraction of sp³-hybridized carbons (Fsp3) is 0.371. The molecule has 238 valence electrons. The zero-order chi connectivity index (χ0) is 32.3. The second-order valence-corrected chi connectivity index (χ2v) is 11.7. The van der Waals surface area contributed by atoms with E-state index in [4.69, 9.17) is 4.74 Å². The van der Waals surface area contributed by atoms with Crippen LogP contribution in [0.2, 0.25) is 0 Å². The Hall–Kier alpha value is -4.70. The zero-order valence-corrected chi connectivity index (χ0v) is 25.9. The van der Waals surface area contributed by atoms with Crippen LogP contribution < -0.4 is 20.9 Å². The normalized spacial score (nSPS) is 17.1. The minimum atomic E-state index is -1.08. The highest BCUT2D eigenvalue weighted by Gasteiger charge is 2.38. The molecule has 4 amide bonds. The van der Waals surface area contributed by atoms with Gasteiger partial charge in [-0.3, -0.25) is 19.3 Å². The Balaban J connectivity index is 1.52. The van der Waals surface area contributed by atoms with Gasteiger partial charge in [0, 0.05) is 18.7 Å². The maximum absolute atomic E-state index is 13.5. The van der Waals surface area contributed by atoms with Gasteiger partial charge >= 0.3 is 6.09 Å². The first-order chi connectivity index (χ1) is 21.6. The molecule has 0 aliphatic carbocycles. The Morgan fingerprint density at radius 3 is 1.96 bits per heavy atom. The van der Waals surface area contributed by atoms with Crippen LogP contribution in [0.4, 0.5) is 10.5 Å². The van der Waals surface area contributed by atoms with E-state index in [9.17, 15) is 24.3 Å². The number of nitrogens with one attached hydrogen (secondary N) is 3. The van der Waals surface area contributed by atoms with Crippen molar-refractivity contribution < 1.29 is 29.0 Å². The van der Waals surface area contributed by atoms with Gasteiger partial charge in [0.15, 0.2) is 6.10 Å². The molecule has 0 spiro atoms. The van der Waals surface area contributed by atoms with E-state index >= 15 is 0 Å². The lowest BCUT2D eigenvalue weighted by Crippen LogP contribution is -2.54. The lowest BCUT2D eigenvalue weighted by molar-refractivity contribution is -0.130. The molecule has 4 N–H and O–H groups in total. The number of amides is 4. The van der Waals surface area contributed by atoms with Crippen molar-refractivity contribution in [3.63, 3.8) is 0 Å². The minimum Gasteiger partial charge on any atom is -0.434 e. The first-order valence-electron chi connectivity index (χ1n) is 15.3. The molecular weight excluding hydrogens is 572 g/mol. The molecule has 3 aromatic carbocycles. The van der Waals surface area contributed by atoms with Crippen LogP contribution in [0.15, 0.2) is 91.0 Å². The predicted octanol–water partition coefficient (Wildman–Crippen LogP) is 3.38. The quantitative estimate of drug-likeness (QED) is 0.220. The summed E-state index contributed by atoms with van der Waals surface area (Å²) in [6, 6.07) is 26.0. The van der Waals surface area contributed by atoms with Gasteiger partial charge in [-0.2, -0.15) is 0 Å². The second kappa shape index (κ2) is 15.9. The highest BCUT2D eigenvalue weighted by atomic mass is 16.6. The van der Waals surface area contributed by atoms with E-state index in [1.807, 2.05) is 80.6 Å². The lowest BCUT2D eigenvalue weighted by atomic mass is 9.93. The third-order valence-electron chi connectivity index (χ3n) is 7.77. The number of hydrogen-bond acceptors (Lipinski definition) is 6. The summed E-state index contributed by atoms with van der Waals surface area (Å²) in [7, 11) is 0. The van der Waals surface area contributed by atoms with Crippen LogP contribution in [0.3, 0.4) is 0 Å². The van der Waals surface area contributed by atoms with Crippen LogP contribution in [0.5, 0.6) is 0 Å². The van der Waals surface area contributed by atoms with Gasteiger partial charge in [0.1, 0.15) is 6.04 Å². The van der Waals surface area contributed by atoms with E-state index in [1.54, 1.807) is 24.3 Å². The van der Waals surface area contributed by atoms with Gasteiger partial charge in [-0.25, -0.2) is 4.79 Å². The Kier molecular flexibility index (Phi) is 11.7. The number of hydrogen-bond donors (Lipinski definition) is 4. The summed E-state index contributed by atoms with van der Waals surface area (Å²) in [6.45, 7) is 5.10. The molecule has 3 aromatic rings. The molecule has 1 fully saturated rings. The smallest absolute Gasteiger partial charge is 0.415 e. The van der Waals surface area contributed by atoms with Crippen LogP contribution in [0.25, 0.3) is 0 Å². The number of rotatable bonds is 14. The molecule has 0 radical (unpaired) electrons. The van der Waals surface area contributed by atoms with Crippen molar-refractivity contribution >= 4 is 29.5 Å². The first kappa shape index (κ1) is 33.2. The number of ether oxygens (including phenoxy) is 1. The number of anilines is 1. The third-order valence-corrected chi connectivity index (χ3v) is 7.77. The van der Waals surface area contributed by atoms with Gasteiger partial charge in [0.05, 0.1) is 18.7 Å². The summed E-state index contributed by atoms with van der Waals surface area (Å²) in [5.41, 5.74) is 2.47. The Morgan fingerprint density at radius 2 is 1.40 bits per heavy atom. The van der Waals surface area contributed by atoms with Crippen LogP contribution in [0.1, 0.15) is 38.3 Å². The van der Waals surface area contributed by atoms with Crippen molar-refractivity contribution in [2.45, 2.75) is 70.4 Å². The first-order valence-corrected chi connectivity index (χ1v) is 15.3. The number of cyclic esters (lactones) is 1. The van der Waals surface area contributed by atoms with Crippen LogP contribution in [-0.4, -0.2) is 65.8 Å². The van der Waals surface area contributed by atoms with Crippen LogP contribution in [-0.2, 0) is 32.0 Å². The number of benzene rings is 3. The summed E-state index contributed by atoms with van der Waals surface area (Å²) >= 11 is 0. The van der Waals surface area contributed by atoms with E-state index < -0.39 is 42.3 Å². The number of nitrogens with zero attached hydrogens (tertiary/aromatic N) is 1. The molecule has 1 saturated heterocycles. The maximum Gasteiger partial charge on any atom is 0.415 e. The van der Waals surface area contributed by atoms with Gasteiger partial charge in [0.25, 0.3) is 5.91 Å². The van der Waals surface area contributed by atoms with Crippen molar-refractivity contribution in [2.75, 3.05) is 11.4 Å². The van der Waals surface area contributed by atoms with Crippen molar-refractivity contribution in [2.24, 2.45) is 5.92 Å². The molecule has 10 heteroatoms. The molecular formula is C35H42N4O6. The van der Waals surface area contributed by atoms with Gasteiger partial charge in [-0.05, 0) is 48.4 Å². The number of aliphatic hydroxyl groups is 1. The Labute approximate surface area is 264 Å². The Bertz CT molecular complexity index is 1420. The monoisotopic (exact) mass is 614 g/mol. The van der Waals surface area contributed by atoms with Crippen LogP contribution >= 0.6 is 0 Å². The van der Waals surface area contributed by atoms with Gasteiger partial charge in [0.2, 0.25) is 11.8 Å². The van der Waals surface area contributed by atoms with E-state index in [0.717, 1.165) is 11.1 Å². The van der Waals surface area contributed by atoms with Crippen LogP contribution in [0, 0.1) is 5.92 Å². The summed E-state index contributed by atoms with van der Waals surface area (Å²) < 4.78 is 5.42. The fourth-order valence-electron chi connectivity index (χ4n) is 5.44. The van der Waals surface area contributed by atoms with Crippen molar-refractivity contribution in [3.05, 3.63) is 102 Å². The number of carbonyl (C=O) groups excluding carboxylic acids is 4. The fourth-order valence-corrected chi connectivity index (χ4v) is 5.44. The summed E-state index contributed by atoms with van der Waals surface area (Å²) in [5, 5.41) is 20.3. The van der Waals surface area contributed by atoms with E-state index in [2.05, 4.69) is 16.0 Å². The lowest BCUT2D eigenvalue weighted by Gasteiger charge is -2.30. The molecule has 4 rings (SSSR count). The summed E-state index contributed by atoms with van der Waals surface area (Å²) in [4.78, 5) is 52.6. The molecule has 1 aliphatic heterocycles. The largest absolute Gasteiger partial charge is 0.434 e. The molecule has 1 aliphatic rings. The van der Waals surface area contributed by atoms with Crippen molar-refractivity contribution in [1.82, 2.24) is 16.0 Å². The standard InChI is InChI=1S/C35H42N4O6/c1-23(2)32(36-24(3)40)34(43)37-27(19-25-13-7-4-8-14-25)21-30(41)29(20-26-15-9-5-10-16-26)38-33(42)31-22-39(35(44)45-31)28-17-11-6-12-18-28/h4-18,23,27,29-32,41H,19-22H2,1-3H3,(H,36,40)(H,37,43)(H,38,42)/t27?,29?,30-,31?,32?/m0/s1. The Morgan fingerprint density at radius 1 is 0.844 bits per heavy atom. The molecule has 45 heavy (non-hydrogen) atoms. The highest BCUT2D eigenvalue weighted by molar-refractivity contribution is 5.95. The SMILES string of the molecule is CC(=O)NC(C(=O)NC(Cc1ccccc1)C[C@H](O)C(Cc1ccccc1)NC(=O)C1CN(c2ccccc2)C(=O)O1)C(C)C. The van der Waals surface area contributed by atoms with E-state index in [-0.39, 0.29) is 30.7 Å². The topological polar surface area (TPSA) is 137 Å². The van der Waals surface area contributed by atoms with Gasteiger partial charge in [-0.15, -0.1) is 0 Å². The molecule has 10 nitrogen and oxygen atoms in total. The number of carbonyl (C=O) groups is 4. The predicted molar refractivity (Wildman–Crippen MR) is 171 cm³/mol. The molecule has 0 bridgehead atoms. The molecule has 0 aromatic heterocycles. The van der Waals surface area contributed by atoms with E-state index in [0.29, 0.717) is 18.5 Å². The summed E-state index contributed by atoms with van der Waals surface area (Å²) in [6.07, 6.45) is -1.91. The number of aliphatic hydroxyl groups excluding tert-OH is 1. The van der Waals surface area contributed by atoms with Crippen molar-refractivity contribution in [1.29, 1.82) is 0 Å². The molecule has 4 unspecified atom stereocenters. The van der Waals surface area contributed by atoms with Gasteiger partial charge in [-0.1, -0.05) is 92.7 Å². The average Bonchev–Trinajstić information content (AvgIpc) is 3.42. The zero-order valence-electron chi connectivity index (χ0n) is 25.9.